The summed E-state index contributed by atoms with van der Waals surface area (Å²) >= 11 is 0. The fraction of sp³-hybridized carbons (Fsp3) is 0.375. The van der Waals surface area contributed by atoms with Crippen LogP contribution in [0.25, 0.3) is 10.9 Å². The standard InChI is InChI=1S/C24H26F3N5O2/c1-32(2)21-19-8-3-4-9-20(19)30-23(31-21)29-17-12-10-16(11-13-17)28-22(33)15-6-5-7-18(14-15)34-24(25,26)27/h3-9,14,16-17H,10-13H2,1-2H3,(H,28,33)(H,29,30,31)/t16-,17+. The molecule has 0 aliphatic heterocycles. The topological polar surface area (TPSA) is 79.4 Å². The average Bonchev–Trinajstić information content (AvgIpc) is 2.79. The molecule has 1 aliphatic carbocycles. The van der Waals surface area contributed by atoms with Gasteiger partial charge in [-0.05, 0) is 56.0 Å². The van der Waals surface area contributed by atoms with Gasteiger partial charge in [0.25, 0.3) is 5.91 Å². The number of carbonyl (C=O) groups is 1. The zero-order valence-corrected chi connectivity index (χ0v) is 18.9. The number of halogens is 3. The molecule has 0 bridgehead atoms. The number of rotatable bonds is 6. The lowest BCUT2D eigenvalue weighted by Crippen LogP contribution is -2.40. The van der Waals surface area contributed by atoms with Gasteiger partial charge in [0.2, 0.25) is 5.95 Å². The van der Waals surface area contributed by atoms with Gasteiger partial charge in [-0.3, -0.25) is 4.79 Å². The smallest absolute Gasteiger partial charge is 0.406 e. The van der Waals surface area contributed by atoms with Crippen molar-refractivity contribution in [2.24, 2.45) is 0 Å². The van der Waals surface area contributed by atoms with E-state index in [1.807, 2.05) is 43.3 Å². The van der Waals surface area contributed by atoms with E-state index >= 15 is 0 Å². The first-order valence-corrected chi connectivity index (χ1v) is 11.1. The largest absolute Gasteiger partial charge is 0.573 e. The van der Waals surface area contributed by atoms with Crippen molar-refractivity contribution in [1.82, 2.24) is 15.3 Å². The van der Waals surface area contributed by atoms with E-state index in [-0.39, 0.29) is 17.6 Å². The van der Waals surface area contributed by atoms with Crippen molar-refractivity contribution >= 4 is 28.6 Å². The van der Waals surface area contributed by atoms with Crippen LogP contribution >= 0.6 is 0 Å². The van der Waals surface area contributed by atoms with Crippen molar-refractivity contribution in [3.05, 3.63) is 54.1 Å². The van der Waals surface area contributed by atoms with Crippen molar-refractivity contribution in [1.29, 1.82) is 0 Å². The van der Waals surface area contributed by atoms with Gasteiger partial charge in [0.15, 0.2) is 0 Å². The molecule has 3 aromatic rings. The van der Waals surface area contributed by atoms with Crippen molar-refractivity contribution < 1.29 is 22.7 Å². The molecule has 4 rings (SSSR count). The van der Waals surface area contributed by atoms with Crippen molar-refractivity contribution in [3.63, 3.8) is 0 Å². The zero-order chi connectivity index (χ0) is 24.3. The first-order valence-electron chi connectivity index (χ1n) is 11.1. The summed E-state index contributed by atoms with van der Waals surface area (Å²) in [5.41, 5.74) is 0.990. The van der Waals surface area contributed by atoms with Crippen molar-refractivity contribution in [3.8, 4) is 5.75 Å². The molecule has 0 spiro atoms. The third kappa shape index (κ3) is 5.86. The fourth-order valence-electron chi connectivity index (χ4n) is 4.13. The summed E-state index contributed by atoms with van der Waals surface area (Å²) < 4.78 is 41.2. The minimum absolute atomic E-state index is 0.0624. The molecule has 10 heteroatoms. The number of hydrogen-bond acceptors (Lipinski definition) is 6. The number of anilines is 2. The quantitative estimate of drug-likeness (QED) is 0.538. The van der Waals surface area contributed by atoms with E-state index in [9.17, 15) is 18.0 Å². The Balaban J connectivity index is 1.34. The predicted octanol–water partition coefficient (Wildman–Crippen LogP) is 4.75. The second kappa shape index (κ2) is 9.74. The molecule has 1 aromatic heterocycles. The number of alkyl halides is 3. The fourth-order valence-corrected chi connectivity index (χ4v) is 4.13. The van der Waals surface area contributed by atoms with E-state index in [1.165, 1.54) is 12.1 Å². The Morgan fingerprint density at radius 3 is 2.41 bits per heavy atom. The normalized spacial score (nSPS) is 18.4. The van der Waals surface area contributed by atoms with Crippen LogP contribution in [0, 0.1) is 0 Å². The van der Waals surface area contributed by atoms with Gasteiger partial charge in [-0.25, -0.2) is 4.98 Å². The molecule has 0 radical (unpaired) electrons. The third-order valence-corrected chi connectivity index (χ3v) is 5.73. The van der Waals surface area contributed by atoms with Crippen LogP contribution in [0.1, 0.15) is 36.0 Å². The highest BCUT2D eigenvalue weighted by atomic mass is 19.4. The lowest BCUT2D eigenvalue weighted by Gasteiger charge is -2.30. The van der Waals surface area contributed by atoms with Gasteiger partial charge in [0.1, 0.15) is 11.6 Å². The molecule has 1 saturated carbocycles. The number of aromatic nitrogens is 2. The highest BCUT2D eigenvalue weighted by Crippen LogP contribution is 2.27. The van der Waals surface area contributed by atoms with E-state index in [4.69, 9.17) is 0 Å². The summed E-state index contributed by atoms with van der Waals surface area (Å²) in [4.78, 5) is 23.8. The number of nitrogens with one attached hydrogen (secondary N) is 2. The molecular weight excluding hydrogens is 447 g/mol. The molecule has 0 unspecified atom stereocenters. The third-order valence-electron chi connectivity index (χ3n) is 5.73. The first kappa shape index (κ1) is 23.6. The summed E-state index contributed by atoms with van der Waals surface area (Å²) in [5, 5.41) is 7.32. The van der Waals surface area contributed by atoms with E-state index in [0.29, 0.717) is 5.95 Å². The molecule has 1 fully saturated rings. The number of ether oxygens (including phenoxy) is 1. The Kier molecular flexibility index (Phi) is 6.76. The van der Waals surface area contributed by atoms with Crippen LogP contribution in [-0.2, 0) is 0 Å². The van der Waals surface area contributed by atoms with E-state index in [2.05, 4.69) is 25.3 Å². The summed E-state index contributed by atoms with van der Waals surface area (Å²) in [6.07, 6.45) is -1.74. The van der Waals surface area contributed by atoms with Crippen LogP contribution in [0.3, 0.4) is 0 Å². The Morgan fingerprint density at radius 2 is 1.71 bits per heavy atom. The minimum Gasteiger partial charge on any atom is -0.406 e. The molecular formula is C24H26F3N5O2. The molecule has 0 saturated heterocycles. The number of benzene rings is 2. The summed E-state index contributed by atoms with van der Waals surface area (Å²) in [6.45, 7) is 0. The van der Waals surface area contributed by atoms with Gasteiger partial charge < -0.3 is 20.3 Å². The Morgan fingerprint density at radius 1 is 1.00 bits per heavy atom. The maximum absolute atomic E-state index is 12.5. The van der Waals surface area contributed by atoms with Gasteiger partial charge in [-0.1, -0.05) is 18.2 Å². The van der Waals surface area contributed by atoms with Crippen LogP contribution in [-0.4, -0.2) is 48.4 Å². The number of para-hydroxylation sites is 1. The summed E-state index contributed by atoms with van der Waals surface area (Å²) in [7, 11) is 3.88. The second-order valence-electron chi connectivity index (χ2n) is 8.52. The lowest BCUT2D eigenvalue weighted by atomic mass is 9.91. The van der Waals surface area contributed by atoms with Crippen molar-refractivity contribution in [2.75, 3.05) is 24.3 Å². The molecule has 1 heterocycles. The van der Waals surface area contributed by atoms with Crippen LogP contribution in [0.2, 0.25) is 0 Å². The Hall–Kier alpha value is -3.56. The molecule has 180 valence electrons. The molecule has 0 atom stereocenters. The average molecular weight is 473 g/mol. The number of carbonyl (C=O) groups excluding carboxylic acids is 1. The zero-order valence-electron chi connectivity index (χ0n) is 18.9. The predicted molar refractivity (Wildman–Crippen MR) is 124 cm³/mol. The Bertz CT molecular complexity index is 1160. The van der Waals surface area contributed by atoms with Gasteiger partial charge in [-0.15, -0.1) is 13.2 Å². The van der Waals surface area contributed by atoms with Gasteiger partial charge in [0, 0.05) is 37.1 Å². The highest BCUT2D eigenvalue weighted by molar-refractivity contribution is 5.94. The monoisotopic (exact) mass is 473 g/mol. The van der Waals surface area contributed by atoms with Crippen LogP contribution < -0.4 is 20.3 Å². The lowest BCUT2D eigenvalue weighted by molar-refractivity contribution is -0.274. The number of hydrogen-bond donors (Lipinski definition) is 2. The number of amides is 1. The highest BCUT2D eigenvalue weighted by Gasteiger charge is 2.31. The molecule has 34 heavy (non-hydrogen) atoms. The molecule has 7 nitrogen and oxygen atoms in total. The van der Waals surface area contributed by atoms with E-state index in [0.717, 1.165) is 54.5 Å². The molecule has 1 aliphatic rings. The second-order valence-corrected chi connectivity index (χ2v) is 8.52. The first-order chi connectivity index (χ1) is 16.2. The van der Waals surface area contributed by atoms with Crippen LogP contribution in [0.5, 0.6) is 5.75 Å². The minimum atomic E-state index is -4.80. The molecule has 2 aromatic carbocycles. The summed E-state index contributed by atoms with van der Waals surface area (Å²) in [6, 6.07) is 13.0. The molecule has 2 N–H and O–H groups in total. The van der Waals surface area contributed by atoms with E-state index < -0.39 is 18.0 Å². The van der Waals surface area contributed by atoms with Gasteiger partial charge >= 0.3 is 6.36 Å². The maximum Gasteiger partial charge on any atom is 0.573 e. The Labute approximate surface area is 195 Å². The summed E-state index contributed by atoms with van der Waals surface area (Å²) in [5.74, 6) is 0.570. The van der Waals surface area contributed by atoms with Crippen molar-refractivity contribution in [2.45, 2.75) is 44.1 Å². The van der Waals surface area contributed by atoms with Crippen LogP contribution in [0.4, 0.5) is 24.9 Å². The SMILES string of the molecule is CN(C)c1nc(N[C@H]2CC[C@@H](NC(=O)c3cccc(OC(F)(F)F)c3)CC2)nc2ccccc12. The molecule has 1 amide bonds. The number of fused-ring (bicyclic) bond motifs is 1. The maximum atomic E-state index is 12.5. The number of nitrogens with zero attached hydrogens (tertiary/aromatic N) is 3. The van der Waals surface area contributed by atoms with E-state index in [1.54, 1.807) is 0 Å². The van der Waals surface area contributed by atoms with Gasteiger partial charge in [0.05, 0.1) is 5.52 Å². The van der Waals surface area contributed by atoms with Gasteiger partial charge in [-0.2, -0.15) is 4.98 Å². The van der Waals surface area contributed by atoms with Crippen LogP contribution in [0.15, 0.2) is 48.5 Å².